The van der Waals surface area contributed by atoms with Gasteiger partial charge in [-0.3, -0.25) is 4.79 Å². The lowest BCUT2D eigenvalue weighted by atomic mass is 10.1. The van der Waals surface area contributed by atoms with E-state index in [1.807, 2.05) is 6.07 Å². The van der Waals surface area contributed by atoms with Gasteiger partial charge in [0.1, 0.15) is 5.82 Å². The van der Waals surface area contributed by atoms with Gasteiger partial charge in [-0.25, -0.2) is 4.39 Å². The Labute approximate surface area is 141 Å². The SMILES string of the molecule is CCSc1nnc(SCC(=O)NCc2ccc(C)c(F)c2)s1. The zero-order valence-electron chi connectivity index (χ0n) is 12.3. The van der Waals surface area contributed by atoms with Gasteiger partial charge in [-0.15, -0.1) is 10.2 Å². The Kier molecular flexibility index (Phi) is 6.66. The van der Waals surface area contributed by atoms with E-state index in [2.05, 4.69) is 22.4 Å². The van der Waals surface area contributed by atoms with Gasteiger partial charge < -0.3 is 5.32 Å². The van der Waals surface area contributed by atoms with E-state index in [9.17, 15) is 9.18 Å². The number of hydrogen-bond donors (Lipinski definition) is 1. The maximum absolute atomic E-state index is 13.4. The van der Waals surface area contributed by atoms with Gasteiger partial charge in [0.05, 0.1) is 5.75 Å². The highest BCUT2D eigenvalue weighted by molar-refractivity contribution is 8.03. The Hall–Kier alpha value is -1.12. The van der Waals surface area contributed by atoms with Crippen LogP contribution in [0, 0.1) is 12.7 Å². The predicted octanol–water partition coefficient (Wildman–Crippen LogP) is 3.51. The van der Waals surface area contributed by atoms with Gasteiger partial charge in [0.2, 0.25) is 5.91 Å². The molecular formula is C14H16FN3OS3. The van der Waals surface area contributed by atoms with Gasteiger partial charge >= 0.3 is 0 Å². The van der Waals surface area contributed by atoms with E-state index >= 15 is 0 Å². The lowest BCUT2D eigenvalue weighted by Crippen LogP contribution is -2.24. The molecule has 2 rings (SSSR count). The molecule has 1 N–H and O–H groups in total. The van der Waals surface area contributed by atoms with Crippen LogP contribution in [0.15, 0.2) is 26.9 Å². The van der Waals surface area contributed by atoms with Gasteiger partial charge in [-0.1, -0.05) is 53.9 Å². The molecule has 1 aromatic heterocycles. The first-order chi connectivity index (χ1) is 10.6. The summed E-state index contributed by atoms with van der Waals surface area (Å²) in [5, 5.41) is 10.8. The van der Waals surface area contributed by atoms with Crippen LogP contribution >= 0.6 is 34.9 Å². The Morgan fingerprint density at radius 1 is 1.32 bits per heavy atom. The number of rotatable bonds is 7. The van der Waals surface area contributed by atoms with Crippen molar-refractivity contribution < 1.29 is 9.18 Å². The van der Waals surface area contributed by atoms with Crippen LogP contribution in [0.1, 0.15) is 18.1 Å². The van der Waals surface area contributed by atoms with Crippen molar-refractivity contribution in [1.82, 2.24) is 15.5 Å². The fourth-order valence-corrected chi connectivity index (χ4v) is 4.31. The third kappa shape index (κ3) is 5.26. The minimum absolute atomic E-state index is 0.106. The zero-order valence-corrected chi connectivity index (χ0v) is 14.7. The Morgan fingerprint density at radius 3 is 2.73 bits per heavy atom. The summed E-state index contributed by atoms with van der Waals surface area (Å²) in [6.45, 7) is 4.09. The van der Waals surface area contributed by atoms with Gasteiger partial charge in [0, 0.05) is 6.54 Å². The molecule has 0 atom stereocenters. The second kappa shape index (κ2) is 8.50. The average molecular weight is 358 g/mol. The largest absolute Gasteiger partial charge is 0.351 e. The summed E-state index contributed by atoms with van der Waals surface area (Å²) in [6.07, 6.45) is 0. The fraction of sp³-hybridized carbons (Fsp3) is 0.357. The first-order valence-corrected chi connectivity index (χ1v) is 9.48. The minimum Gasteiger partial charge on any atom is -0.351 e. The van der Waals surface area contributed by atoms with E-state index in [1.54, 1.807) is 24.8 Å². The summed E-state index contributed by atoms with van der Waals surface area (Å²) in [6, 6.07) is 4.96. The molecule has 118 valence electrons. The van der Waals surface area contributed by atoms with Crippen molar-refractivity contribution in [3.8, 4) is 0 Å². The third-order valence-electron chi connectivity index (χ3n) is 2.71. The molecular weight excluding hydrogens is 341 g/mol. The van der Waals surface area contributed by atoms with Crippen LogP contribution in [0.25, 0.3) is 0 Å². The quantitative estimate of drug-likeness (QED) is 0.769. The number of aryl methyl sites for hydroxylation is 1. The highest BCUT2D eigenvalue weighted by Gasteiger charge is 2.08. The lowest BCUT2D eigenvalue weighted by molar-refractivity contribution is -0.118. The number of carbonyl (C=O) groups excluding carboxylic acids is 1. The van der Waals surface area contributed by atoms with E-state index < -0.39 is 0 Å². The second-order valence-electron chi connectivity index (χ2n) is 4.42. The van der Waals surface area contributed by atoms with Crippen LogP contribution in [0.3, 0.4) is 0 Å². The molecule has 22 heavy (non-hydrogen) atoms. The molecule has 1 amide bonds. The van der Waals surface area contributed by atoms with Crippen molar-refractivity contribution in [3.05, 3.63) is 35.1 Å². The van der Waals surface area contributed by atoms with Crippen LogP contribution in [0.5, 0.6) is 0 Å². The van der Waals surface area contributed by atoms with Crippen LogP contribution in [0.2, 0.25) is 0 Å². The number of hydrogen-bond acceptors (Lipinski definition) is 6. The first-order valence-electron chi connectivity index (χ1n) is 6.69. The smallest absolute Gasteiger partial charge is 0.230 e. The van der Waals surface area contributed by atoms with E-state index in [0.717, 1.165) is 20.0 Å². The molecule has 1 heterocycles. The van der Waals surface area contributed by atoms with Gasteiger partial charge in [-0.2, -0.15) is 0 Å². The summed E-state index contributed by atoms with van der Waals surface area (Å²) in [5.41, 5.74) is 1.35. The number of nitrogens with zero attached hydrogens (tertiary/aromatic N) is 2. The summed E-state index contributed by atoms with van der Waals surface area (Å²) in [4.78, 5) is 11.8. The summed E-state index contributed by atoms with van der Waals surface area (Å²) in [5.74, 6) is 0.869. The first kappa shape index (κ1) is 17.2. The van der Waals surface area contributed by atoms with E-state index in [0.29, 0.717) is 12.1 Å². The molecule has 1 aromatic carbocycles. The van der Waals surface area contributed by atoms with Crippen molar-refractivity contribution in [2.24, 2.45) is 0 Å². The standard InChI is InChI=1S/C14H16FN3OS3/c1-3-20-13-17-18-14(22-13)21-8-12(19)16-7-10-5-4-9(2)11(15)6-10/h4-6H,3,7-8H2,1-2H3,(H,16,19). The molecule has 0 aliphatic rings. The molecule has 0 unspecified atom stereocenters. The molecule has 0 saturated carbocycles. The Bertz CT molecular complexity index is 648. The number of nitrogens with one attached hydrogen (secondary N) is 1. The topological polar surface area (TPSA) is 54.9 Å². The van der Waals surface area contributed by atoms with E-state index in [-0.39, 0.29) is 17.5 Å². The molecule has 0 fully saturated rings. The molecule has 0 aliphatic heterocycles. The summed E-state index contributed by atoms with van der Waals surface area (Å²) >= 11 is 4.49. The monoisotopic (exact) mass is 357 g/mol. The molecule has 0 aliphatic carbocycles. The molecule has 2 aromatic rings. The van der Waals surface area contributed by atoms with Crippen LogP contribution in [0.4, 0.5) is 4.39 Å². The number of thioether (sulfide) groups is 2. The van der Waals surface area contributed by atoms with Crippen molar-refractivity contribution in [1.29, 1.82) is 0 Å². The molecule has 0 saturated heterocycles. The number of benzene rings is 1. The summed E-state index contributed by atoms with van der Waals surface area (Å²) in [7, 11) is 0. The van der Waals surface area contributed by atoms with E-state index in [1.165, 1.54) is 29.2 Å². The van der Waals surface area contributed by atoms with Crippen molar-refractivity contribution in [2.75, 3.05) is 11.5 Å². The van der Waals surface area contributed by atoms with E-state index in [4.69, 9.17) is 0 Å². The molecule has 8 heteroatoms. The maximum Gasteiger partial charge on any atom is 0.230 e. The second-order valence-corrected chi connectivity index (χ2v) is 8.13. The lowest BCUT2D eigenvalue weighted by Gasteiger charge is -2.05. The highest BCUT2D eigenvalue weighted by atomic mass is 32.2. The minimum atomic E-state index is -0.254. The molecule has 0 spiro atoms. The number of halogens is 1. The van der Waals surface area contributed by atoms with Gasteiger partial charge in [0.25, 0.3) is 0 Å². The van der Waals surface area contributed by atoms with Gasteiger partial charge in [-0.05, 0) is 29.9 Å². The third-order valence-corrected chi connectivity index (χ3v) is 5.78. The number of aromatic nitrogens is 2. The van der Waals surface area contributed by atoms with Crippen LogP contribution in [-0.2, 0) is 11.3 Å². The van der Waals surface area contributed by atoms with Crippen molar-refractivity contribution in [2.45, 2.75) is 29.1 Å². The molecule has 0 bridgehead atoms. The van der Waals surface area contributed by atoms with Gasteiger partial charge in [0.15, 0.2) is 8.68 Å². The number of amides is 1. The van der Waals surface area contributed by atoms with Crippen LogP contribution in [-0.4, -0.2) is 27.6 Å². The Morgan fingerprint density at radius 2 is 2.05 bits per heavy atom. The zero-order chi connectivity index (χ0) is 15.9. The predicted molar refractivity (Wildman–Crippen MR) is 90.0 cm³/mol. The normalized spacial score (nSPS) is 10.7. The van der Waals surface area contributed by atoms with Crippen LogP contribution < -0.4 is 5.32 Å². The average Bonchev–Trinajstić information content (AvgIpc) is 2.94. The number of carbonyl (C=O) groups is 1. The van der Waals surface area contributed by atoms with Crippen molar-refractivity contribution in [3.63, 3.8) is 0 Å². The molecule has 0 radical (unpaired) electrons. The maximum atomic E-state index is 13.4. The van der Waals surface area contributed by atoms with Crippen molar-refractivity contribution >= 4 is 40.8 Å². The Balaban J connectivity index is 1.76. The highest BCUT2D eigenvalue weighted by Crippen LogP contribution is 2.28. The summed E-state index contributed by atoms with van der Waals surface area (Å²) < 4.78 is 15.1. The fourth-order valence-electron chi connectivity index (χ4n) is 1.56. The molecule has 4 nitrogen and oxygen atoms in total.